The molecular formula is C15H11ClN2O2. The topological polar surface area (TPSA) is 59.2 Å². The van der Waals surface area contributed by atoms with Crippen LogP contribution in [0.15, 0.2) is 53.1 Å². The van der Waals surface area contributed by atoms with Crippen molar-refractivity contribution >= 4 is 11.6 Å². The molecular weight excluding hydrogens is 276 g/mol. The Morgan fingerprint density at radius 1 is 1.05 bits per heavy atom. The monoisotopic (exact) mass is 286 g/mol. The zero-order valence-electron chi connectivity index (χ0n) is 10.5. The Kier molecular flexibility index (Phi) is 3.50. The summed E-state index contributed by atoms with van der Waals surface area (Å²) >= 11 is 5.94. The second kappa shape index (κ2) is 5.45. The largest absolute Gasteiger partial charge is 0.392 e. The van der Waals surface area contributed by atoms with Crippen LogP contribution in [0.1, 0.15) is 5.56 Å². The van der Waals surface area contributed by atoms with E-state index in [1.165, 1.54) is 0 Å². The highest BCUT2D eigenvalue weighted by Crippen LogP contribution is 2.24. The SMILES string of the molecule is OCc1ccc(-c2nc(-c3cccc(Cl)c3)no2)cc1. The predicted octanol–water partition coefficient (Wildman–Crippen LogP) is 3.55. The minimum Gasteiger partial charge on any atom is -0.392 e. The van der Waals surface area contributed by atoms with Crippen LogP contribution in [-0.4, -0.2) is 15.2 Å². The molecule has 0 amide bonds. The van der Waals surface area contributed by atoms with Crippen LogP contribution < -0.4 is 0 Å². The van der Waals surface area contributed by atoms with Gasteiger partial charge in [0.1, 0.15) is 0 Å². The van der Waals surface area contributed by atoms with E-state index in [1.807, 2.05) is 36.4 Å². The Balaban J connectivity index is 1.93. The van der Waals surface area contributed by atoms with Crippen molar-refractivity contribution in [3.63, 3.8) is 0 Å². The van der Waals surface area contributed by atoms with Crippen molar-refractivity contribution in [3.8, 4) is 22.8 Å². The normalized spacial score (nSPS) is 10.7. The van der Waals surface area contributed by atoms with E-state index in [9.17, 15) is 0 Å². The zero-order chi connectivity index (χ0) is 13.9. The maximum Gasteiger partial charge on any atom is 0.258 e. The lowest BCUT2D eigenvalue weighted by molar-refractivity contribution is 0.282. The summed E-state index contributed by atoms with van der Waals surface area (Å²) in [4.78, 5) is 4.35. The number of benzene rings is 2. The van der Waals surface area contributed by atoms with E-state index in [0.29, 0.717) is 16.7 Å². The van der Waals surface area contributed by atoms with Gasteiger partial charge in [0, 0.05) is 16.1 Å². The van der Waals surface area contributed by atoms with Gasteiger partial charge in [-0.2, -0.15) is 4.98 Å². The fraction of sp³-hybridized carbons (Fsp3) is 0.0667. The van der Waals surface area contributed by atoms with Gasteiger partial charge in [-0.1, -0.05) is 41.0 Å². The van der Waals surface area contributed by atoms with E-state index in [2.05, 4.69) is 10.1 Å². The molecule has 0 unspecified atom stereocenters. The molecule has 0 bridgehead atoms. The maximum atomic E-state index is 9.01. The molecule has 0 radical (unpaired) electrons. The molecule has 1 heterocycles. The van der Waals surface area contributed by atoms with E-state index >= 15 is 0 Å². The molecule has 3 aromatic rings. The van der Waals surface area contributed by atoms with Crippen molar-refractivity contribution in [1.29, 1.82) is 0 Å². The molecule has 0 fully saturated rings. The van der Waals surface area contributed by atoms with Gasteiger partial charge in [0.15, 0.2) is 0 Å². The number of hydrogen-bond donors (Lipinski definition) is 1. The van der Waals surface area contributed by atoms with E-state index in [-0.39, 0.29) is 6.61 Å². The van der Waals surface area contributed by atoms with Crippen LogP contribution in [0.2, 0.25) is 5.02 Å². The third kappa shape index (κ3) is 2.57. The van der Waals surface area contributed by atoms with Crippen LogP contribution in [0.4, 0.5) is 0 Å². The zero-order valence-corrected chi connectivity index (χ0v) is 11.2. The number of halogens is 1. The third-order valence-electron chi connectivity index (χ3n) is 2.89. The minimum atomic E-state index is 0.0118. The first-order valence-corrected chi connectivity index (χ1v) is 6.44. The number of hydrogen-bond acceptors (Lipinski definition) is 4. The number of aliphatic hydroxyl groups is 1. The Hall–Kier alpha value is -2.17. The molecule has 0 saturated heterocycles. The maximum absolute atomic E-state index is 9.01. The van der Waals surface area contributed by atoms with E-state index < -0.39 is 0 Å². The molecule has 100 valence electrons. The molecule has 1 aromatic heterocycles. The van der Waals surface area contributed by atoms with E-state index in [4.69, 9.17) is 21.2 Å². The lowest BCUT2D eigenvalue weighted by atomic mass is 10.1. The summed E-state index contributed by atoms with van der Waals surface area (Å²) in [5, 5.41) is 13.6. The van der Waals surface area contributed by atoms with Crippen molar-refractivity contribution in [2.45, 2.75) is 6.61 Å². The molecule has 0 aliphatic rings. The van der Waals surface area contributed by atoms with Gasteiger partial charge in [0.2, 0.25) is 5.82 Å². The van der Waals surface area contributed by atoms with Gasteiger partial charge in [-0.05, 0) is 29.8 Å². The van der Waals surface area contributed by atoms with Gasteiger partial charge in [-0.15, -0.1) is 0 Å². The highest BCUT2D eigenvalue weighted by Gasteiger charge is 2.10. The molecule has 5 heteroatoms. The summed E-state index contributed by atoms with van der Waals surface area (Å²) in [5.74, 6) is 0.929. The molecule has 0 saturated carbocycles. The molecule has 0 spiro atoms. The molecule has 0 atom stereocenters. The highest BCUT2D eigenvalue weighted by atomic mass is 35.5. The van der Waals surface area contributed by atoms with Gasteiger partial charge < -0.3 is 9.63 Å². The molecule has 1 N–H and O–H groups in total. The average molecular weight is 287 g/mol. The summed E-state index contributed by atoms with van der Waals surface area (Å²) in [6, 6.07) is 14.6. The van der Waals surface area contributed by atoms with Gasteiger partial charge in [-0.25, -0.2) is 0 Å². The molecule has 20 heavy (non-hydrogen) atoms. The van der Waals surface area contributed by atoms with Crippen molar-refractivity contribution in [1.82, 2.24) is 10.1 Å². The lowest BCUT2D eigenvalue weighted by Gasteiger charge is -1.97. The van der Waals surface area contributed by atoms with Crippen LogP contribution in [-0.2, 0) is 6.61 Å². The van der Waals surface area contributed by atoms with Crippen LogP contribution >= 0.6 is 11.6 Å². The van der Waals surface area contributed by atoms with Crippen molar-refractivity contribution < 1.29 is 9.63 Å². The van der Waals surface area contributed by atoms with Crippen molar-refractivity contribution in [3.05, 3.63) is 59.1 Å². The van der Waals surface area contributed by atoms with Crippen LogP contribution in [0.3, 0.4) is 0 Å². The third-order valence-corrected chi connectivity index (χ3v) is 3.13. The summed E-state index contributed by atoms with van der Waals surface area (Å²) in [6.07, 6.45) is 0. The molecule has 0 aliphatic carbocycles. The fourth-order valence-corrected chi connectivity index (χ4v) is 2.03. The Labute approximate surface area is 120 Å². The lowest BCUT2D eigenvalue weighted by Crippen LogP contribution is -1.84. The minimum absolute atomic E-state index is 0.0118. The van der Waals surface area contributed by atoms with Gasteiger partial charge in [0.05, 0.1) is 6.61 Å². The van der Waals surface area contributed by atoms with Gasteiger partial charge >= 0.3 is 0 Å². The van der Waals surface area contributed by atoms with Crippen molar-refractivity contribution in [2.75, 3.05) is 0 Å². The first kappa shape index (κ1) is 12.8. The Morgan fingerprint density at radius 3 is 2.55 bits per heavy atom. The predicted molar refractivity (Wildman–Crippen MR) is 76.1 cm³/mol. The quantitative estimate of drug-likeness (QED) is 0.800. The standard InChI is InChI=1S/C15H11ClN2O2/c16-13-3-1-2-12(8-13)14-17-15(20-18-14)11-6-4-10(9-19)5-7-11/h1-8,19H,9H2. The highest BCUT2D eigenvalue weighted by molar-refractivity contribution is 6.30. The number of aromatic nitrogens is 2. The molecule has 0 aliphatic heterocycles. The second-order valence-electron chi connectivity index (χ2n) is 4.29. The van der Waals surface area contributed by atoms with Gasteiger partial charge in [0.25, 0.3) is 5.89 Å². The average Bonchev–Trinajstić information content (AvgIpc) is 2.97. The number of nitrogens with zero attached hydrogens (tertiary/aromatic N) is 2. The molecule has 2 aromatic carbocycles. The molecule has 3 rings (SSSR count). The summed E-state index contributed by atoms with van der Waals surface area (Å²) in [7, 11) is 0. The first-order chi connectivity index (χ1) is 9.76. The summed E-state index contributed by atoms with van der Waals surface area (Å²) < 4.78 is 5.25. The molecule has 4 nitrogen and oxygen atoms in total. The summed E-state index contributed by atoms with van der Waals surface area (Å²) in [5.41, 5.74) is 2.45. The first-order valence-electron chi connectivity index (χ1n) is 6.06. The smallest absolute Gasteiger partial charge is 0.258 e. The van der Waals surface area contributed by atoms with Gasteiger partial charge in [-0.3, -0.25) is 0 Å². The van der Waals surface area contributed by atoms with Crippen LogP contribution in [0.25, 0.3) is 22.8 Å². The van der Waals surface area contributed by atoms with Crippen LogP contribution in [0.5, 0.6) is 0 Å². The summed E-state index contributed by atoms with van der Waals surface area (Å²) in [6.45, 7) is 0.0118. The Bertz CT molecular complexity index is 723. The fourth-order valence-electron chi connectivity index (χ4n) is 1.84. The second-order valence-corrected chi connectivity index (χ2v) is 4.72. The number of aliphatic hydroxyl groups excluding tert-OH is 1. The van der Waals surface area contributed by atoms with E-state index in [1.54, 1.807) is 12.1 Å². The Morgan fingerprint density at radius 2 is 1.85 bits per heavy atom. The number of rotatable bonds is 3. The van der Waals surface area contributed by atoms with Crippen molar-refractivity contribution in [2.24, 2.45) is 0 Å². The van der Waals surface area contributed by atoms with E-state index in [0.717, 1.165) is 16.7 Å². The van der Waals surface area contributed by atoms with Crippen LogP contribution in [0, 0.1) is 0 Å².